The van der Waals surface area contributed by atoms with Gasteiger partial charge in [-0.1, -0.05) is 15.9 Å². The number of aromatic nitrogens is 2. The quantitative estimate of drug-likeness (QED) is 0.321. The first-order valence-corrected chi connectivity index (χ1v) is 12.5. The third kappa shape index (κ3) is 4.73. The van der Waals surface area contributed by atoms with Crippen LogP contribution in [0.1, 0.15) is 36.8 Å². The van der Waals surface area contributed by atoms with Gasteiger partial charge in [0, 0.05) is 58.7 Å². The smallest absolute Gasteiger partial charge is 0.127 e. The van der Waals surface area contributed by atoms with Crippen molar-refractivity contribution in [1.29, 1.82) is 0 Å². The lowest BCUT2D eigenvalue weighted by Gasteiger charge is -2.31. The van der Waals surface area contributed by atoms with Crippen molar-refractivity contribution in [3.63, 3.8) is 0 Å². The van der Waals surface area contributed by atoms with E-state index in [9.17, 15) is 0 Å². The summed E-state index contributed by atoms with van der Waals surface area (Å²) in [6.45, 7) is 3.04. The molecular formula is C27H31BrN4O. The van der Waals surface area contributed by atoms with Crippen molar-refractivity contribution < 1.29 is 4.74 Å². The number of pyridine rings is 1. The lowest BCUT2D eigenvalue weighted by Crippen LogP contribution is -2.38. The Hall–Kier alpha value is -2.57. The van der Waals surface area contributed by atoms with E-state index in [-0.39, 0.29) is 0 Å². The van der Waals surface area contributed by atoms with Gasteiger partial charge in [-0.3, -0.25) is 0 Å². The lowest BCUT2D eigenvalue weighted by molar-refractivity contribution is 0.350. The van der Waals surface area contributed by atoms with Crippen molar-refractivity contribution in [2.75, 3.05) is 12.4 Å². The topological polar surface area (TPSA) is 51.1 Å². The van der Waals surface area contributed by atoms with E-state index in [0.29, 0.717) is 12.1 Å². The summed E-state index contributed by atoms with van der Waals surface area (Å²) < 4.78 is 8.73. The lowest BCUT2D eigenvalue weighted by atomic mass is 9.90. The standard InChI is InChI=1S/C27H31BrN4O/c1-17-11-27(31-25-14-22(33-3)8-9-23(17)25)30-21-6-4-5-20(13-21)29-15-18-16-32(2)26-10-7-19(28)12-24(18)26/h7-12,14,16,20-21,29H,4-6,13,15H2,1-3H3,(H,30,31)/t20-,21-/m0/s1. The molecule has 2 aromatic heterocycles. The van der Waals surface area contributed by atoms with Gasteiger partial charge in [0.1, 0.15) is 11.6 Å². The fourth-order valence-electron chi connectivity index (χ4n) is 5.14. The number of ether oxygens (including phenoxy) is 1. The van der Waals surface area contributed by atoms with Crippen LogP contribution in [0.25, 0.3) is 21.8 Å². The van der Waals surface area contributed by atoms with Crippen LogP contribution >= 0.6 is 15.9 Å². The Morgan fingerprint density at radius 1 is 1.09 bits per heavy atom. The van der Waals surface area contributed by atoms with E-state index < -0.39 is 0 Å². The summed E-state index contributed by atoms with van der Waals surface area (Å²) in [4.78, 5) is 4.88. The molecule has 0 radical (unpaired) electrons. The summed E-state index contributed by atoms with van der Waals surface area (Å²) in [5, 5.41) is 10.0. The first kappa shape index (κ1) is 22.2. The van der Waals surface area contributed by atoms with Gasteiger partial charge in [-0.25, -0.2) is 4.98 Å². The minimum atomic E-state index is 0.424. The number of fused-ring (bicyclic) bond motifs is 2. The molecule has 0 saturated heterocycles. The first-order chi connectivity index (χ1) is 16.0. The highest BCUT2D eigenvalue weighted by Crippen LogP contribution is 2.28. The molecule has 4 aromatic rings. The zero-order valence-corrected chi connectivity index (χ0v) is 21.1. The van der Waals surface area contributed by atoms with Crippen molar-refractivity contribution in [2.24, 2.45) is 7.05 Å². The summed E-state index contributed by atoms with van der Waals surface area (Å²) in [5.41, 5.74) is 4.83. The van der Waals surface area contributed by atoms with Crippen LogP contribution in [0.15, 0.2) is 53.1 Å². The number of aryl methyl sites for hydroxylation is 2. The maximum Gasteiger partial charge on any atom is 0.127 e. The number of nitrogens with zero attached hydrogens (tertiary/aromatic N) is 2. The molecule has 0 aliphatic heterocycles. The van der Waals surface area contributed by atoms with Gasteiger partial charge in [0.05, 0.1) is 12.6 Å². The van der Waals surface area contributed by atoms with Gasteiger partial charge in [-0.05, 0) is 80.1 Å². The molecule has 1 saturated carbocycles. The van der Waals surface area contributed by atoms with E-state index in [1.165, 1.54) is 46.7 Å². The summed E-state index contributed by atoms with van der Waals surface area (Å²) in [5.74, 6) is 1.80. The average molecular weight is 507 g/mol. The van der Waals surface area contributed by atoms with E-state index >= 15 is 0 Å². The van der Waals surface area contributed by atoms with Crippen molar-refractivity contribution in [1.82, 2.24) is 14.9 Å². The normalized spacial score (nSPS) is 18.7. The molecule has 0 unspecified atom stereocenters. The Morgan fingerprint density at radius 3 is 2.79 bits per heavy atom. The van der Waals surface area contributed by atoms with Gasteiger partial charge in [-0.15, -0.1) is 0 Å². The zero-order valence-electron chi connectivity index (χ0n) is 19.5. The van der Waals surface area contributed by atoms with Gasteiger partial charge < -0.3 is 19.9 Å². The summed E-state index contributed by atoms with van der Waals surface area (Å²) >= 11 is 3.62. The molecule has 2 atom stereocenters. The van der Waals surface area contributed by atoms with Gasteiger partial charge in [-0.2, -0.15) is 0 Å². The number of nitrogens with one attached hydrogen (secondary N) is 2. The number of methoxy groups -OCH3 is 1. The van der Waals surface area contributed by atoms with E-state index in [4.69, 9.17) is 9.72 Å². The highest BCUT2D eigenvalue weighted by molar-refractivity contribution is 9.10. The van der Waals surface area contributed by atoms with Crippen LogP contribution in [0, 0.1) is 6.92 Å². The van der Waals surface area contributed by atoms with Crippen molar-refractivity contribution in [3.8, 4) is 5.75 Å². The number of halogens is 1. The average Bonchev–Trinajstić information content (AvgIpc) is 3.12. The Morgan fingerprint density at radius 2 is 1.94 bits per heavy atom. The third-order valence-corrected chi connectivity index (χ3v) is 7.36. The maximum absolute atomic E-state index is 5.39. The molecule has 2 aromatic carbocycles. The Bertz CT molecular complexity index is 1300. The van der Waals surface area contributed by atoms with Crippen LogP contribution in [-0.4, -0.2) is 28.7 Å². The van der Waals surface area contributed by atoms with Gasteiger partial charge in [0.15, 0.2) is 0 Å². The van der Waals surface area contributed by atoms with Crippen LogP contribution in [0.3, 0.4) is 0 Å². The Balaban J connectivity index is 1.26. The Labute approximate surface area is 203 Å². The molecule has 0 amide bonds. The molecule has 33 heavy (non-hydrogen) atoms. The minimum Gasteiger partial charge on any atom is -0.497 e. The molecule has 5 nitrogen and oxygen atoms in total. The van der Waals surface area contributed by atoms with Crippen LogP contribution in [0.2, 0.25) is 0 Å². The van der Waals surface area contributed by atoms with Gasteiger partial charge in [0.2, 0.25) is 0 Å². The molecule has 172 valence electrons. The highest BCUT2D eigenvalue weighted by Gasteiger charge is 2.22. The number of hydrogen-bond donors (Lipinski definition) is 2. The van der Waals surface area contributed by atoms with Crippen LogP contribution in [0.5, 0.6) is 5.75 Å². The predicted octanol–water partition coefficient (Wildman–Crippen LogP) is 6.32. The number of benzene rings is 2. The van der Waals surface area contributed by atoms with E-state index in [1.54, 1.807) is 7.11 Å². The highest BCUT2D eigenvalue weighted by atomic mass is 79.9. The maximum atomic E-state index is 5.39. The van der Waals surface area contributed by atoms with Crippen molar-refractivity contribution in [2.45, 2.75) is 51.2 Å². The molecule has 1 aliphatic rings. The second kappa shape index (κ2) is 9.35. The number of rotatable bonds is 6. The van der Waals surface area contributed by atoms with Crippen molar-refractivity contribution >= 4 is 43.6 Å². The van der Waals surface area contributed by atoms with Crippen LogP contribution in [-0.2, 0) is 13.6 Å². The second-order valence-corrected chi connectivity index (χ2v) is 10.1. The molecule has 5 rings (SSSR count). The predicted molar refractivity (Wildman–Crippen MR) is 140 cm³/mol. The fraction of sp³-hybridized carbons (Fsp3) is 0.370. The molecule has 1 aliphatic carbocycles. The molecule has 0 bridgehead atoms. The molecule has 2 N–H and O–H groups in total. The van der Waals surface area contributed by atoms with E-state index in [2.05, 4.69) is 81.6 Å². The molecular weight excluding hydrogens is 476 g/mol. The molecule has 2 heterocycles. The van der Waals surface area contributed by atoms with E-state index in [0.717, 1.165) is 34.5 Å². The number of anilines is 1. The summed E-state index contributed by atoms with van der Waals surface area (Å²) in [6, 6.07) is 15.7. The monoisotopic (exact) mass is 506 g/mol. The zero-order chi connectivity index (χ0) is 22.9. The molecule has 6 heteroatoms. The largest absolute Gasteiger partial charge is 0.497 e. The number of hydrogen-bond acceptors (Lipinski definition) is 4. The third-order valence-electron chi connectivity index (χ3n) is 6.87. The van der Waals surface area contributed by atoms with Gasteiger partial charge >= 0.3 is 0 Å². The second-order valence-electron chi connectivity index (χ2n) is 9.22. The molecule has 1 fully saturated rings. The van der Waals surface area contributed by atoms with Gasteiger partial charge in [0.25, 0.3) is 0 Å². The molecule has 0 spiro atoms. The summed E-state index contributed by atoms with van der Waals surface area (Å²) in [7, 11) is 3.82. The Kier molecular flexibility index (Phi) is 6.30. The van der Waals surface area contributed by atoms with Crippen molar-refractivity contribution in [3.05, 3.63) is 64.3 Å². The SMILES string of the molecule is COc1ccc2c(C)cc(N[C@H]3CCC[C@H](NCc4cn(C)c5ccc(Br)cc45)C3)nc2c1. The van der Waals surface area contributed by atoms with Crippen LogP contribution in [0.4, 0.5) is 5.82 Å². The van der Waals surface area contributed by atoms with Crippen LogP contribution < -0.4 is 15.4 Å². The fourth-order valence-corrected chi connectivity index (χ4v) is 5.50. The summed E-state index contributed by atoms with van der Waals surface area (Å²) in [6.07, 6.45) is 6.96. The van der Waals surface area contributed by atoms with E-state index in [1.807, 2.05) is 12.1 Å². The minimum absolute atomic E-state index is 0.424. The first-order valence-electron chi connectivity index (χ1n) is 11.7.